The van der Waals surface area contributed by atoms with E-state index >= 15 is 0 Å². The van der Waals surface area contributed by atoms with Crippen LogP contribution in [-0.2, 0) is 39.0 Å². The predicted octanol–water partition coefficient (Wildman–Crippen LogP) is 16.6. The van der Waals surface area contributed by atoms with Gasteiger partial charge < -0.3 is 0 Å². The van der Waals surface area contributed by atoms with Crippen LogP contribution in [0.15, 0.2) is 146 Å². The first-order chi connectivity index (χ1) is 39.7. The van der Waals surface area contributed by atoms with Crippen molar-refractivity contribution >= 4 is 0 Å². The van der Waals surface area contributed by atoms with E-state index in [-0.39, 0.29) is 16.2 Å². The summed E-state index contributed by atoms with van der Waals surface area (Å²) in [6, 6.07) is 43.1. The Morgan fingerprint density at radius 2 is 0.812 bits per heavy atom. The van der Waals surface area contributed by atoms with E-state index in [1.54, 1.807) is 11.1 Å². The topological polar surface area (TPSA) is 15.5 Å². The molecule has 6 unspecified atom stereocenters. The van der Waals surface area contributed by atoms with Crippen molar-refractivity contribution in [1.29, 1.82) is 0 Å². The van der Waals surface area contributed by atoms with Crippen molar-refractivity contribution in [2.24, 2.45) is 33.6 Å². The fourth-order valence-corrected chi connectivity index (χ4v) is 16.5. The number of pyridine rings is 4. The number of hydrogen-bond acceptors (Lipinski definition) is 0. The minimum Gasteiger partial charge on any atom is -0.201 e. The molecule has 80 heavy (non-hydrogen) atoms. The summed E-state index contributed by atoms with van der Waals surface area (Å²) in [6.07, 6.45) is 17.8. The highest BCUT2D eigenvalue weighted by Crippen LogP contribution is 2.65. The molecule has 3 saturated carbocycles. The highest BCUT2D eigenvalue weighted by Gasteiger charge is 2.54. The van der Waals surface area contributed by atoms with Crippen LogP contribution in [0.1, 0.15) is 207 Å². The van der Waals surface area contributed by atoms with Gasteiger partial charge >= 0.3 is 0 Å². The molecule has 0 saturated heterocycles. The molecule has 4 nitrogen and oxygen atoms in total. The largest absolute Gasteiger partial charge is 0.216 e. The lowest BCUT2D eigenvalue weighted by Crippen LogP contribution is -2.34. The Morgan fingerprint density at radius 1 is 0.388 bits per heavy atom. The van der Waals surface area contributed by atoms with Gasteiger partial charge in [0.2, 0.25) is 22.8 Å². The number of nitrogens with zero attached hydrogens (tertiary/aromatic N) is 4. The van der Waals surface area contributed by atoms with Gasteiger partial charge in [0.1, 0.15) is 28.2 Å². The van der Waals surface area contributed by atoms with Crippen molar-refractivity contribution in [3.8, 4) is 45.0 Å². The third-order valence-electron chi connectivity index (χ3n) is 20.2. The third kappa shape index (κ3) is 9.01. The summed E-state index contributed by atoms with van der Waals surface area (Å²) < 4.78 is 45.0. The molecular weight excluding hydrogens is 969 g/mol. The van der Waals surface area contributed by atoms with Gasteiger partial charge in [-0.15, -0.1) is 0 Å². The SMILES string of the molecule is Cc1ccccc1-c1c2c(cc[n+]1C)C(C)(C)CC2(C)C.Cc1ccccc1-c1c2c(cc[n+]1C)C1CCC2C1.[2H]C12CCC([2H])(C1)c1c2cc[n+](C)c1-c1ccccc1C.[2H]C12CCC([2H])(c3c1cc[n+](C)c3-c1ccccc1C)C2(C)C. The molecule has 4 heterocycles. The number of aryl methyl sites for hydroxylation is 8. The summed E-state index contributed by atoms with van der Waals surface area (Å²) >= 11 is 0. The van der Waals surface area contributed by atoms with Crippen LogP contribution in [0.3, 0.4) is 0 Å². The van der Waals surface area contributed by atoms with Crippen LogP contribution < -0.4 is 18.3 Å². The van der Waals surface area contributed by atoms with Gasteiger partial charge in [-0.05, 0) is 206 Å². The molecule has 6 bridgehead atoms. The second kappa shape index (κ2) is 20.5. The van der Waals surface area contributed by atoms with Crippen molar-refractivity contribution in [3.05, 3.63) is 213 Å². The maximum atomic E-state index is 9.30. The molecule has 7 aliphatic carbocycles. The first-order valence-electron chi connectivity index (χ1n) is 32.1. The normalized spacial score (nSPS) is 27.1. The van der Waals surface area contributed by atoms with Gasteiger partial charge in [0.15, 0.2) is 24.8 Å². The summed E-state index contributed by atoms with van der Waals surface area (Å²) in [5.74, 6) is -0.793. The van der Waals surface area contributed by atoms with E-state index in [1.165, 1.54) is 92.7 Å². The Kier molecular flexibility index (Phi) is 12.6. The Bertz CT molecular complexity index is 3880. The molecule has 3 fully saturated rings. The lowest BCUT2D eigenvalue weighted by Gasteiger charge is -2.24. The van der Waals surface area contributed by atoms with Crippen LogP contribution in [-0.4, -0.2) is 0 Å². The number of benzene rings is 4. The maximum Gasteiger partial charge on any atom is 0.216 e. The summed E-state index contributed by atoms with van der Waals surface area (Å²) in [5, 5.41) is 0. The number of aromatic nitrogens is 4. The molecule has 0 amide bonds. The Balaban J connectivity index is 0.000000110. The second-order valence-electron chi connectivity index (χ2n) is 26.7. The third-order valence-corrected chi connectivity index (χ3v) is 20.2. The molecule has 8 aromatic rings. The highest BCUT2D eigenvalue weighted by molar-refractivity contribution is 5.72. The van der Waals surface area contributed by atoms with Gasteiger partial charge in [-0.3, -0.25) is 0 Å². The molecular formula is C76H90N4+4. The monoisotopic (exact) mass is 1060 g/mol. The molecule has 0 spiro atoms. The van der Waals surface area contributed by atoms with Gasteiger partial charge in [0, 0.05) is 74.3 Å². The predicted molar refractivity (Wildman–Crippen MR) is 329 cm³/mol. The summed E-state index contributed by atoms with van der Waals surface area (Å²) in [5.41, 5.74) is 26.2. The number of hydrogen-bond donors (Lipinski definition) is 0. The minimum atomic E-state index is -0.680. The molecule has 6 atom stereocenters. The fraction of sp³-hybridized carbons (Fsp3) is 0.421. The molecule has 0 N–H and O–H groups in total. The molecule has 4 heteroatoms. The Hall–Kier alpha value is -6.52. The van der Waals surface area contributed by atoms with E-state index in [4.69, 9.17) is 4.11 Å². The average molecular weight is 1060 g/mol. The Morgan fingerprint density at radius 3 is 1.36 bits per heavy atom. The molecule has 15 rings (SSSR count). The summed E-state index contributed by atoms with van der Waals surface area (Å²) in [6.45, 7) is 22.4. The van der Waals surface area contributed by atoms with Gasteiger partial charge in [-0.25, -0.2) is 18.3 Å². The smallest absolute Gasteiger partial charge is 0.201 e. The van der Waals surface area contributed by atoms with Crippen molar-refractivity contribution in [2.75, 3.05) is 0 Å². The van der Waals surface area contributed by atoms with Gasteiger partial charge in [0.05, 0.1) is 0 Å². The molecule has 7 aliphatic rings. The van der Waals surface area contributed by atoms with Crippen LogP contribution in [0.4, 0.5) is 0 Å². The van der Waals surface area contributed by atoms with Crippen molar-refractivity contribution in [1.82, 2.24) is 0 Å². The van der Waals surface area contributed by atoms with Crippen molar-refractivity contribution < 1.29 is 23.8 Å². The molecule has 4 aromatic carbocycles. The molecule has 4 aromatic heterocycles. The van der Waals surface area contributed by atoms with Crippen LogP contribution in [0, 0.1) is 33.1 Å². The van der Waals surface area contributed by atoms with Crippen LogP contribution >= 0.6 is 0 Å². The zero-order chi connectivity index (χ0) is 59.8. The quantitative estimate of drug-likeness (QED) is 0.156. The lowest BCUT2D eigenvalue weighted by molar-refractivity contribution is -0.661. The molecule has 0 radical (unpaired) electrons. The first kappa shape index (κ1) is 49.3. The van der Waals surface area contributed by atoms with E-state index in [0.29, 0.717) is 6.42 Å². The highest BCUT2D eigenvalue weighted by atomic mass is 14.9. The number of rotatable bonds is 4. The van der Waals surface area contributed by atoms with Gasteiger partial charge in [-0.1, -0.05) is 114 Å². The maximum absolute atomic E-state index is 9.30. The van der Waals surface area contributed by atoms with E-state index < -0.39 is 23.6 Å². The van der Waals surface area contributed by atoms with Gasteiger partial charge in [-0.2, -0.15) is 0 Å². The summed E-state index contributed by atoms with van der Waals surface area (Å²) in [7, 11) is 8.46. The van der Waals surface area contributed by atoms with Crippen LogP contribution in [0.2, 0.25) is 0 Å². The second-order valence-corrected chi connectivity index (χ2v) is 26.7. The number of fused-ring (bicyclic) bond motifs is 16. The Labute approximate surface area is 486 Å². The minimum absolute atomic E-state index is 0.218. The summed E-state index contributed by atoms with van der Waals surface area (Å²) in [4.78, 5) is 0. The fourth-order valence-electron chi connectivity index (χ4n) is 16.5. The van der Waals surface area contributed by atoms with E-state index in [0.717, 1.165) is 71.2 Å². The lowest BCUT2D eigenvalue weighted by atomic mass is 9.79. The zero-order valence-electron chi connectivity index (χ0n) is 54.7. The van der Waals surface area contributed by atoms with Crippen LogP contribution in [0.5, 0.6) is 0 Å². The average Bonchev–Trinajstić information content (AvgIpc) is 1.54. The molecule has 0 aliphatic heterocycles. The van der Waals surface area contributed by atoms with Crippen molar-refractivity contribution in [3.63, 3.8) is 0 Å². The van der Waals surface area contributed by atoms with E-state index in [1.807, 2.05) is 7.05 Å². The molecule has 410 valence electrons. The first-order valence-corrected chi connectivity index (χ1v) is 30.1. The van der Waals surface area contributed by atoms with Crippen LogP contribution in [0.25, 0.3) is 45.0 Å². The zero-order valence-corrected chi connectivity index (χ0v) is 50.7. The standard InChI is InChI=1S/C20H24N.C20H26N.2C18H20N/c1-13-7-5-6-8-14(13)19-18-15(11-12-21(19)4)16-9-10-17(18)20(16,2)3;1-14-9-7-8-10-15(14)18-17-16(11-12-21(18)6)19(2,3)13-20(17,4)5;2*1-12-5-3-4-6-15(12)18-17-14-8-7-13(11-14)16(17)9-10-19(18)2/h5-8,11-12,16-17H,9-10H2,1-4H3;7-12H,13H2,1-6H3;2*3-6,9-10,13-14H,7-8,11H2,1-2H3/q4*+1/i16D,17D;;13D,14D;. The van der Waals surface area contributed by atoms with E-state index in [9.17, 15) is 1.37 Å². The van der Waals surface area contributed by atoms with Crippen molar-refractivity contribution in [2.45, 2.75) is 173 Å². The van der Waals surface area contributed by atoms with Gasteiger partial charge in [0.25, 0.3) is 0 Å². The van der Waals surface area contributed by atoms with E-state index in [2.05, 4.69) is 255 Å².